The van der Waals surface area contributed by atoms with Gasteiger partial charge in [0.2, 0.25) is 0 Å². The van der Waals surface area contributed by atoms with Crippen molar-refractivity contribution in [3.8, 4) is 11.5 Å². The van der Waals surface area contributed by atoms with E-state index < -0.39 is 0 Å². The molecule has 0 amide bonds. The Morgan fingerprint density at radius 3 is 2.51 bits per heavy atom. The molecule has 5 rings (SSSR count). The zero-order valence-corrected chi connectivity index (χ0v) is 26.7. The molecule has 1 N–H and O–H groups in total. The first kappa shape index (κ1) is 30.5. The largest absolute Gasteiger partial charge is 0.504 e. The van der Waals surface area contributed by atoms with Crippen molar-refractivity contribution in [2.45, 2.75) is 118 Å². The Bertz CT molecular complexity index is 1090. The Hall–Kier alpha value is -1.97. The zero-order valence-electron chi connectivity index (χ0n) is 26.7. The maximum absolute atomic E-state index is 12.7. The van der Waals surface area contributed by atoms with Crippen molar-refractivity contribution in [2.24, 2.45) is 52.3 Å². The molecule has 1 aromatic rings. The normalized spacial score (nSPS) is 37.3. The molecule has 228 valence electrons. The Balaban J connectivity index is 1.18. The minimum Gasteiger partial charge on any atom is -0.504 e. The van der Waals surface area contributed by atoms with Crippen LogP contribution in [0.5, 0.6) is 11.5 Å². The number of aromatic hydroxyl groups is 1. The van der Waals surface area contributed by atoms with Crippen LogP contribution in [0, 0.1) is 52.3 Å². The Kier molecular flexibility index (Phi) is 9.17. The van der Waals surface area contributed by atoms with Crippen LogP contribution in [-0.4, -0.2) is 24.3 Å². The van der Waals surface area contributed by atoms with Gasteiger partial charge in [-0.3, -0.25) is 0 Å². The molecule has 41 heavy (non-hydrogen) atoms. The number of ether oxygens (including phenoxy) is 2. The predicted octanol–water partition coefficient (Wildman–Crippen LogP) is 9.45. The van der Waals surface area contributed by atoms with E-state index in [1.165, 1.54) is 77.4 Å². The van der Waals surface area contributed by atoms with Crippen LogP contribution in [0.15, 0.2) is 24.3 Å². The highest BCUT2D eigenvalue weighted by molar-refractivity contribution is 5.87. The van der Waals surface area contributed by atoms with Crippen LogP contribution in [-0.2, 0) is 9.53 Å². The molecule has 4 fully saturated rings. The SMILES string of the molecule is COc1cc(/C=C/C(=O)OC2CC[C@@]3(C)C(CC[C@H]4[C@@H]5CC[C@H]([C@H](C)CCCC(C)C)[C@@]5(C)CC[C@@H]43)C2)ccc1O. The van der Waals surface area contributed by atoms with Crippen LogP contribution >= 0.6 is 0 Å². The summed E-state index contributed by atoms with van der Waals surface area (Å²) in [6.45, 7) is 12.6. The quantitative estimate of drug-likeness (QED) is 0.240. The first-order valence-corrected chi connectivity index (χ1v) is 16.8. The summed E-state index contributed by atoms with van der Waals surface area (Å²) in [5.74, 6) is 6.14. The Morgan fingerprint density at radius 2 is 1.76 bits per heavy atom. The van der Waals surface area contributed by atoms with Gasteiger partial charge in [0.05, 0.1) is 7.11 Å². The fourth-order valence-corrected chi connectivity index (χ4v) is 10.5. The topological polar surface area (TPSA) is 55.8 Å². The summed E-state index contributed by atoms with van der Waals surface area (Å²) in [5, 5.41) is 9.81. The lowest BCUT2D eigenvalue weighted by atomic mass is 9.44. The molecule has 4 aliphatic rings. The van der Waals surface area contributed by atoms with Gasteiger partial charge in [-0.1, -0.05) is 59.9 Å². The predicted molar refractivity (Wildman–Crippen MR) is 167 cm³/mol. The Labute approximate surface area is 249 Å². The van der Waals surface area contributed by atoms with E-state index in [1.807, 2.05) is 0 Å². The number of methoxy groups -OCH3 is 1. The van der Waals surface area contributed by atoms with E-state index in [2.05, 4.69) is 34.6 Å². The van der Waals surface area contributed by atoms with E-state index in [0.29, 0.717) is 22.5 Å². The summed E-state index contributed by atoms with van der Waals surface area (Å²) in [4.78, 5) is 12.7. The fourth-order valence-electron chi connectivity index (χ4n) is 10.5. The molecule has 0 heterocycles. The van der Waals surface area contributed by atoms with Crippen molar-refractivity contribution < 1.29 is 19.4 Å². The molecule has 4 aliphatic carbocycles. The number of carbonyl (C=O) groups is 1. The van der Waals surface area contributed by atoms with Gasteiger partial charge in [-0.2, -0.15) is 0 Å². The second kappa shape index (κ2) is 12.3. The zero-order chi connectivity index (χ0) is 29.4. The highest BCUT2D eigenvalue weighted by atomic mass is 16.5. The lowest BCUT2D eigenvalue weighted by Gasteiger charge is -2.61. The van der Waals surface area contributed by atoms with Crippen molar-refractivity contribution in [1.82, 2.24) is 0 Å². The number of esters is 1. The third kappa shape index (κ3) is 6.09. The van der Waals surface area contributed by atoms with Crippen LogP contribution in [0.25, 0.3) is 6.08 Å². The average molecular weight is 565 g/mol. The van der Waals surface area contributed by atoms with Crippen LogP contribution in [0.3, 0.4) is 0 Å². The van der Waals surface area contributed by atoms with Gasteiger partial charge in [0.25, 0.3) is 0 Å². The number of fused-ring (bicyclic) bond motifs is 5. The van der Waals surface area contributed by atoms with E-state index in [1.54, 1.807) is 24.3 Å². The first-order valence-electron chi connectivity index (χ1n) is 16.8. The maximum atomic E-state index is 12.7. The smallest absolute Gasteiger partial charge is 0.331 e. The summed E-state index contributed by atoms with van der Waals surface area (Å²) in [6, 6.07) is 5.07. The number of phenolic OH excluding ortho intramolecular Hbond substituents is 1. The highest BCUT2D eigenvalue weighted by Crippen LogP contribution is 2.68. The molecule has 4 heteroatoms. The second-order valence-corrected chi connectivity index (χ2v) is 15.3. The van der Waals surface area contributed by atoms with Gasteiger partial charge < -0.3 is 14.6 Å². The van der Waals surface area contributed by atoms with E-state index in [-0.39, 0.29) is 17.8 Å². The number of phenols is 1. The molecule has 0 aliphatic heterocycles. The molecule has 0 bridgehead atoms. The summed E-state index contributed by atoms with van der Waals surface area (Å²) in [6.07, 6.45) is 19.1. The lowest BCUT2D eigenvalue weighted by molar-refractivity contribution is -0.157. The summed E-state index contributed by atoms with van der Waals surface area (Å²) in [5.41, 5.74) is 1.74. The summed E-state index contributed by atoms with van der Waals surface area (Å²) < 4.78 is 11.2. The van der Waals surface area contributed by atoms with Crippen molar-refractivity contribution in [2.75, 3.05) is 7.11 Å². The van der Waals surface area contributed by atoms with Crippen LogP contribution in [0.1, 0.15) is 117 Å². The van der Waals surface area contributed by atoms with E-state index in [0.717, 1.165) is 53.9 Å². The third-order valence-corrected chi connectivity index (χ3v) is 12.7. The molecular weight excluding hydrogens is 508 g/mol. The first-order chi connectivity index (χ1) is 19.5. The van der Waals surface area contributed by atoms with Crippen LogP contribution < -0.4 is 4.74 Å². The minimum absolute atomic E-state index is 0.0209. The summed E-state index contributed by atoms with van der Waals surface area (Å²) in [7, 11) is 1.52. The van der Waals surface area contributed by atoms with Crippen LogP contribution in [0.4, 0.5) is 0 Å². The van der Waals surface area contributed by atoms with Crippen molar-refractivity contribution in [3.05, 3.63) is 29.8 Å². The number of hydrogen-bond acceptors (Lipinski definition) is 4. The lowest BCUT2D eigenvalue weighted by Crippen LogP contribution is -2.54. The second-order valence-electron chi connectivity index (χ2n) is 15.3. The van der Waals surface area contributed by atoms with Gasteiger partial charge in [-0.25, -0.2) is 4.79 Å². The number of carbonyl (C=O) groups excluding carboxylic acids is 1. The molecule has 0 spiro atoms. The van der Waals surface area contributed by atoms with Gasteiger partial charge in [0.1, 0.15) is 6.10 Å². The molecule has 0 radical (unpaired) electrons. The standard InChI is InChI=1S/C37H56O4/c1-24(2)8-7-9-25(3)30-14-15-31-29-13-12-27-23-28(18-20-36(27,4)32(29)19-21-37(30,31)5)41-35(39)17-11-26-10-16-33(38)34(22-26)40-6/h10-11,16-17,22,24-25,27-32,38H,7-9,12-15,18-21,23H2,1-6H3/b17-11+/t25-,27?,28?,29+,30-,31+,32+,36+,37-/m1/s1. The Morgan fingerprint density at radius 1 is 1.00 bits per heavy atom. The van der Waals surface area contributed by atoms with Gasteiger partial charge in [0, 0.05) is 6.08 Å². The van der Waals surface area contributed by atoms with Gasteiger partial charge in [-0.05, 0) is 134 Å². The minimum atomic E-state index is -0.271. The van der Waals surface area contributed by atoms with E-state index in [4.69, 9.17) is 9.47 Å². The van der Waals surface area contributed by atoms with Crippen LogP contribution in [0.2, 0.25) is 0 Å². The molecule has 4 saturated carbocycles. The third-order valence-electron chi connectivity index (χ3n) is 12.7. The van der Waals surface area contributed by atoms with Gasteiger partial charge in [-0.15, -0.1) is 0 Å². The highest BCUT2D eigenvalue weighted by Gasteiger charge is 2.60. The maximum Gasteiger partial charge on any atom is 0.331 e. The summed E-state index contributed by atoms with van der Waals surface area (Å²) >= 11 is 0. The number of rotatable bonds is 9. The van der Waals surface area contributed by atoms with Crippen molar-refractivity contribution in [3.63, 3.8) is 0 Å². The van der Waals surface area contributed by atoms with E-state index >= 15 is 0 Å². The van der Waals surface area contributed by atoms with Crippen molar-refractivity contribution in [1.29, 1.82) is 0 Å². The van der Waals surface area contributed by atoms with Crippen molar-refractivity contribution >= 4 is 12.0 Å². The van der Waals surface area contributed by atoms with Gasteiger partial charge in [0.15, 0.2) is 11.5 Å². The fraction of sp³-hybridized carbons (Fsp3) is 0.757. The molecule has 2 unspecified atom stereocenters. The molecule has 0 aromatic heterocycles. The number of benzene rings is 1. The van der Waals surface area contributed by atoms with Gasteiger partial charge >= 0.3 is 5.97 Å². The molecule has 4 nitrogen and oxygen atoms in total. The average Bonchev–Trinajstić information content (AvgIpc) is 3.30. The molecule has 1 aromatic carbocycles. The van der Waals surface area contributed by atoms with E-state index in [9.17, 15) is 9.90 Å². The molecular formula is C37H56O4. The molecule has 9 atom stereocenters. The molecule has 0 saturated heterocycles. The monoisotopic (exact) mass is 564 g/mol. The number of hydrogen-bond donors (Lipinski definition) is 1.